The summed E-state index contributed by atoms with van der Waals surface area (Å²) in [6, 6.07) is 13.7. The van der Waals surface area contributed by atoms with Gasteiger partial charge in [0.25, 0.3) is 0 Å². The summed E-state index contributed by atoms with van der Waals surface area (Å²) in [6.07, 6.45) is 14.4. The average molecular weight is 433 g/mol. The third-order valence-electron chi connectivity index (χ3n) is 5.65. The minimum absolute atomic E-state index is 0.970. The van der Waals surface area contributed by atoms with Gasteiger partial charge in [0.15, 0.2) is 0 Å². The highest BCUT2D eigenvalue weighted by atomic mass is 14.8. The van der Waals surface area contributed by atoms with Gasteiger partial charge in [0, 0.05) is 6.21 Å². The molecule has 0 aliphatic heterocycles. The molecule has 0 aliphatic rings. The molecule has 32 heavy (non-hydrogen) atoms. The molecule has 0 radical (unpaired) electrons. The Kier molecular flexibility index (Phi) is 12.0. The Balaban J connectivity index is 2.37. The largest absolute Gasteiger partial charge is 0.255 e. The van der Waals surface area contributed by atoms with E-state index in [1.165, 1.54) is 22.3 Å². The molecule has 174 valence electrons. The van der Waals surface area contributed by atoms with Crippen molar-refractivity contribution < 1.29 is 0 Å². The summed E-state index contributed by atoms with van der Waals surface area (Å²) in [6.45, 7) is 11.2. The Morgan fingerprint density at radius 1 is 0.594 bits per heavy atom. The lowest BCUT2D eigenvalue weighted by Gasteiger charge is -2.08. The summed E-state index contributed by atoms with van der Waals surface area (Å²) in [5, 5.41) is 0. The number of hydrogen-bond acceptors (Lipinski definition) is 2. The van der Waals surface area contributed by atoms with Gasteiger partial charge in [-0.25, -0.2) is 0 Å². The van der Waals surface area contributed by atoms with Crippen LogP contribution in [0.25, 0.3) is 0 Å². The highest BCUT2D eigenvalue weighted by molar-refractivity contribution is 6.31. The van der Waals surface area contributed by atoms with Crippen molar-refractivity contribution in [1.82, 2.24) is 0 Å². The molecule has 2 aromatic rings. The number of hydrogen-bond donors (Lipinski definition) is 0. The van der Waals surface area contributed by atoms with Gasteiger partial charge in [0.1, 0.15) is 0 Å². The second-order valence-corrected chi connectivity index (χ2v) is 8.98. The maximum absolute atomic E-state index is 5.08. The molecule has 0 spiro atoms. The summed E-state index contributed by atoms with van der Waals surface area (Å²) in [5.41, 5.74) is 8.84. The minimum atomic E-state index is 0.970. The molecule has 2 rings (SSSR count). The fraction of sp³-hybridized carbons (Fsp3) is 0.533. The smallest absolute Gasteiger partial charge is 0.0639 e. The predicted molar refractivity (Wildman–Crippen MR) is 144 cm³/mol. The lowest BCUT2D eigenvalue weighted by atomic mass is 10.0. The number of unbranched alkanes of at least 4 members (excludes halogenated alkanes) is 1. The van der Waals surface area contributed by atoms with Gasteiger partial charge in [-0.2, -0.15) is 0 Å². The zero-order chi connectivity index (χ0) is 23.2. The molecule has 0 unspecified atom stereocenters. The quantitative estimate of drug-likeness (QED) is 0.266. The number of rotatable bonds is 14. The van der Waals surface area contributed by atoms with E-state index in [2.05, 4.69) is 71.0 Å². The van der Waals surface area contributed by atoms with E-state index in [9.17, 15) is 0 Å². The molecular weight excluding hydrogens is 388 g/mol. The molecule has 2 nitrogen and oxygen atoms in total. The van der Waals surface area contributed by atoms with Crippen LogP contribution in [0.2, 0.25) is 0 Å². The van der Waals surface area contributed by atoms with Gasteiger partial charge >= 0.3 is 0 Å². The molecule has 0 N–H and O–H groups in total. The summed E-state index contributed by atoms with van der Waals surface area (Å²) in [4.78, 5) is 9.99. The Bertz CT molecular complexity index is 828. The fourth-order valence-corrected chi connectivity index (χ4v) is 4.18. The van der Waals surface area contributed by atoms with E-state index in [4.69, 9.17) is 9.98 Å². The normalized spacial score (nSPS) is 12.1. The standard InChI is InChI=1S/C30H44N2/c1-6-11-16-28(32-30-21-26(14-9-4)18-27(22-30)15-10-5)23-31-29-19-24(12-7-2)17-25(20-29)13-8-3/h17-23H,6-16H2,1-5H3. The summed E-state index contributed by atoms with van der Waals surface area (Å²) in [7, 11) is 0. The Hall–Kier alpha value is -2.22. The Morgan fingerprint density at radius 2 is 1.03 bits per heavy atom. The van der Waals surface area contributed by atoms with Crippen LogP contribution in [0.3, 0.4) is 0 Å². The van der Waals surface area contributed by atoms with Crippen LogP contribution in [0.5, 0.6) is 0 Å². The van der Waals surface area contributed by atoms with E-state index in [1.54, 1.807) is 0 Å². The summed E-state index contributed by atoms with van der Waals surface area (Å²) >= 11 is 0. The van der Waals surface area contributed by atoms with Crippen molar-refractivity contribution in [2.75, 3.05) is 0 Å². The van der Waals surface area contributed by atoms with Crippen LogP contribution < -0.4 is 0 Å². The first-order chi connectivity index (χ1) is 15.6. The van der Waals surface area contributed by atoms with Crippen LogP contribution in [-0.2, 0) is 25.7 Å². The third kappa shape index (κ3) is 9.10. The first-order valence-electron chi connectivity index (χ1n) is 13.0. The topological polar surface area (TPSA) is 24.7 Å². The molecule has 0 aromatic heterocycles. The first-order valence-corrected chi connectivity index (χ1v) is 13.0. The zero-order valence-corrected chi connectivity index (χ0v) is 21.2. The summed E-state index contributed by atoms with van der Waals surface area (Å²) in [5.74, 6) is 0. The first kappa shape index (κ1) is 26.0. The van der Waals surface area contributed by atoms with Crippen molar-refractivity contribution in [1.29, 1.82) is 0 Å². The van der Waals surface area contributed by atoms with E-state index in [1.807, 2.05) is 6.21 Å². The second kappa shape index (κ2) is 14.8. The van der Waals surface area contributed by atoms with E-state index in [0.29, 0.717) is 0 Å². The maximum atomic E-state index is 5.08. The highest BCUT2D eigenvalue weighted by Gasteiger charge is 2.04. The van der Waals surface area contributed by atoms with Crippen LogP contribution in [-0.4, -0.2) is 11.9 Å². The third-order valence-corrected chi connectivity index (χ3v) is 5.65. The Labute approximate surface area is 197 Å². The molecule has 0 amide bonds. The van der Waals surface area contributed by atoms with Crippen molar-refractivity contribution in [3.8, 4) is 0 Å². The number of benzene rings is 2. The lowest BCUT2D eigenvalue weighted by molar-refractivity contribution is 0.839. The van der Waals surface area contributed by atoms with Crippen LogP contribution in [0.15, 0.2) is 46.4 Å². The van der Waals surface area contributed by atoms with Crippen molar-refractivity contribution >= 4 is 23.3 Å². The average Bonchev–Trinajstić information content (AvgIpc) is 2.76. The monoisotopic (exact) mass is 432 g/mol. The predicted octanol–water partition coefficient (Wildman–Crippen LogP) is 9.16. The number of aryl methyl sites for hydroxylation is 4. The van der Waals surface area contributed by atoms with Crippen LogP contribution >= 0.6 is 0 Å². The van der Waals surface area contributed by atoms with E-state index in [0.717, 1.165) is 87.7 Å². The molecule has 0 saturated carbocycles. The number of aliphatic imine (C=N–C) groups is 2. The fourth-order valence-electron chi connectivity index (χ4n) is 4.18. The molecule has 0 heterocycles. The van der Waals surface area contributed by atoms with Gasteiger partial charge in [-0.3, -0.25) is 9.98 Å². The Morgan fingerprint density at radius 3 is 1.44 bits per heavy atom. The van der Waals surface area contributed by atoms with Gasteiger partial charge in [0.2, 0.25) is 0 Å². The van der Waals surface area contributed by atoms with Gasteiger partial charge in [-0.15, -0.1) is 0 Å². The second-order valence-electron chi connectivity index (χ2n) is 8.98. The van der Waals surface area contributed by atoms with E-state index < -0.39 is 0 Å². The molecule has 0 bridgehead atoms. The maximum Gasteiger partial charge on any atom is 0.0639 e. The van der Waals surface area contributed by atoms with Gasteiger partial charge in [-0.05, 0) is 85.0 Å². The molecule has 2 aromatic carbocycles. The molecular formula is C30H44N2. The molecule has 0 fully saturated rings. The molecule has 0 atom stereocenters. The molecule has 0 saturated heterocycles. The summed E-state index contributed by atoms with van der Waals surface area (Å²) < 4.78 is 0. The van der Waals surface area contributed by atoms with E-state index >= 15 is 0 Å². The molecule has 0 aliphatic carbocycles. The van der Waals surface area contributed by atoms with Gasteiger partial charge in [0.05, 0.1) is 17.1 Å². The van der Waals surface area contributed by atoms with Crippen molar-refractivity contribution in [2.24, 2.45) is 9.98 Å². The van der Waals surface area contributed by atoms with E-state index in [-0.39, 0.29) is 0 Å². The van der Waals surface area contributed by atoms with Crippen molar-refractivity contribution in [3.63, 3.8) is 0 Å². The number of nitrogens with zero attached hydrogens (tertiary/aromatic N) is 2. The SMILES string of the molecule is CCCCC(C=Nc1cc(CCC)cc(CCC)c1)=Nc1cc(CCC)cc(CCC)c1. The van der Waals surface area contributed by atoms with Gasteiger partial charge in [-0.1, -0.05) is 78.9 Å². The lowest BCUT2D eigenvalue weighted by Crippen LogP contribution is -2.00. The highest BCUT2D eigenvalue weighted by Crippen LogP contribution is 2.23. The molecule has 2 heteroatoms. The minimum Gasteiger partial charge on any atom is -0.255 e. The van der Waals surface area contributed by atoms with Gasteiger partial charge < -0.3 is 0 Å². The van der Waals surface area contributed by atoms with Crippen molar-refractivity contribution in [3.05, 3.63) is 58.7 Å². The van der Waals surface area contributed by atoms with Crippen molar-refractivity contribution in [2.45, 2.75) is 105 Å². The van der Waals surface area contributed by atoms with Crippen LogP contribution in [0.1, 0.15) is 102 Å². The zero-order valence-electron chi connectivity index (χ0n) is 21.2. The van der Waals surface area contributed by atoms with Crippen LogP contribution in [0.4, 0.5) is 11.4 Å². The van der Waals surface area contributed by atoms with Crippen LogP contribution in [0, 0.1) is 0 Å².